The van der Waals surface area contributed by atoms with Crippen LogP contribution in [0.15, 0.2) is 35.6 Å². The van der Waals surface area contributed by atoms with Crippen LogP contribution < -0.4 is 10.0 Å². The van der Waals surface area contributed by atoms with E-state index >= 15 is 0 Å². The maximum absolute atomic E-state index is 12.2. The van der Waals surface area contributed by atoms with Crippen molar-refractivity contribution in [2.75, 3.05) is 12.4 Å². The molecule has 0 bridgehead atoms. The Morgan fingerprint density at radius 1 is 1.42 bits per heavy atom. The summed E-state index contributed by atoms with van der Waals surface area (Å²) in [5.41, 5.74) is 0.770. The second-order valence-electron chi connectivity index (χ2n) is 4.00. The highest BCUT2D eigenvalue weighted by Crippen LogP contribution is 2.17. The molecule has 0 radical (unpaired) electrons. The first-order valence-electron chi connectivity index (χ1n) is 5.68. The molecule has 2 aromatic rings. The predicted octanol–water partition coefficient (Wildman–Crippen LogP) is 0.886. The molecule has 0 aliphatic carbocycles. The van der Waals surface area contributed by atoms with Gasteiger partial charge in [0.1, 0.15) is 5.82 Å². The molecule has 0 aliphatic heterocycles. The van der Waals surface area contributed by atoms with Crippen LogP contribution in [0.25, 0.3) is 0 Å². The van der Waals surface area contributed by atoms with Crippen molar-refractivity contribution >= 4 is 15.8 Å². The van der Waals surface area contributed by atoms with E-state index in [2.05, 4.69) is 25.2 Å². The van der Waals surface area contributed by atoms with E-state index in [4.69, 9.17) is 0 Å². The Labute approximate surface area is 111 Å². The minimum atomic E-state index is -3.59. The Kier molecular flexibility index (Phi) is 3.82. The number of hydrogen-bond acceptors (Lipinski definition) is 5. The fourth-order valence-corrected chi connectivity index (χ4v) is 2.83. The van der Waals surface area contributed by atoms with Crippen LogP contribution >= 0.6 is 0 Å². The summed E-state index contributed by atoms with van der Waals surface area (Å²) in [6, 6.07) is 2.56. The number of sulfonamides is 1. The predicted molar refractivity (Wildman–Crippen MR) is 71.1 cm³/mol. The Morgan fingerprint density at radius 2 is 2.21 bits per heavy atom. The van der Waals surface area contributed by atoms with E-state index in [1.54, 1.807) is 26.4 Å². The molecule has 1 atom stereocenters. The van der Waals surface area contributed by atoms with Gasteiger partial charge >= 0.3 is 0 Å². The third-order valence-corrected chi connectivity index (χ3v) is 4.19. The molecule has 0 saturated carbocycles. The van der Waals surface area contributed by atoms with Gasteiger partial charge in [-0.1, -0.05) is 0 Å². The largest absolute Gasteiger partial charge is 0.373 e. The molecule has 2 heterocycles. The molecule has 0 aliphatic rings. The molecule has 2 rings (SSSR count). The second-order valence-corrected chi connectivity index (χ2v) is 5.72. The Bertz CT molecular complexity index is 639. The summed E-state index contributed by atoms with van der Waals surface area (Å²) in [5, 5.41) is 9.25. The summed E-state index contributed by atoms with van der Waals surface area (Å²) in [5.74, 6) is 0.499. The molecule has 1 unspecified atom stereocenters. The molecule has 0 fully saturated rings. The quantitative estimate of drug-likeness (QED) is 0.755. The van der Waals surface area contributed by atoms with Crippen LogP contribution in [0, 0.1) is 0 Å². The smallest absolute Gasteiger partial charge is 0.241 e. The van der Waals surface area contributed by atoms with Gasteiger partial charge in [0, 0.05) is 37.1 Å². The SMILES string of the molecule is CNc1cc(S(=O)(=O)NC(C)c2cn[nH]c2)ccn1. The van der Waals surface area contributed by atoms with Crippen LogP contribution in [0.3, 0.4) is 0 Å². The van der Waals surface area contributed by atoms with Crippen LogP contribution in [0.2, 0.25) is 0 Å². The van der Waals surface area contributed by atoms with Crippen molar-refractivity contribution in [1.82, 2.24) is 19.9 Å². The topological polar surface area (TPSA) is 99.8 Å². The number of rotatable bonds is 5. The van der Waals surface area contributed by atoms with Crippen LogP contribution in [-0.2, 0) is 10.0 Å². The number of aromatic amines is 1. The lowest BCUT2D eigenvalue weighted by Gasteiger charge is -2.13. The van der Waals surface area contributed by atoms with E-state index in [0.717, 1.165) is 5.56 Å². The van der Waals surface area contributed by atoms with Gasteiger partial charge in [-0.05, 0) is 13.0 Å². The third-order valence-electron chi connectivity index (χ3n) is 2.65. The van der Waals surface area contributed by atoms with E-state index < -0.39 is 10.0 Å². The summed E-state index contributed by atoms with van der Waals surface area (Å²) in [7, 11) is -1.91. The van der Waals surface area contributed by atoms with Crippen molar-refractivity contribution in [2.24, 2.45) is 0 Å². The molecule has 7 nitrogen and oxygen atoms in total. The van der Waals surface area contributed by atoms with E-state index in [9.17, 15) is 8.42 Å². The fraction of sp³-hybridized carbons (Fsp3) is 0.273. The number of H-pyrrole nitrogens is 1. The van der Waals surface area contributed by atoms with Crippen molar-refractivity contribution in [1.29, 1.82) is 0 Å². The lowest BCUT2D eigenvalue weighted by atomic mass is 10.2. The highest BCUT2D eigenvalue weighted by molar-refractivity contribution is 7.89. The number of pyridine rings is 1. The van der Waals surface area contributed by atoms with Crippen molar-refractivity contribution < 1.29 is 8.42 Å². The average molecular weight is 281 g/mol. The summed E-state index contributed by atoms with van der Waals surface area (Å²) in [6.45, 7) is 1.75. The Hall–Kier alpha value is -1.93. The fourth-order valence-electron chi connectivity index (χ4n) is 1.58. The number of anilines is 1. The lowest BCUT2D eigenvalue weighted by Crippen LogP contribution is -2.26. The van der Waals surface area contributed by atoms with Gasteiger partial charge in [0.05, 0.1) is 11.1 Å². The Balaban J connectivity index is 2.22. The second kappa shape index (κ2) is 5.37. The van der Waals surface area contributed by atoms with E-state index in [-0.39, 0.29) is 10.9 Å². The maximum Gasteiger partial charge on any atom is 0.241 e. The van der Waals surface area contributed by atoms with Gasteiger partial charge in [-0.2, -0.15) is 5.10 Å². The monoisotopic (exact) mass is 281 g/mol. The van der Waals surface area contributed by atoms with Crippen LogP contribution in [0.5, 0.6) is 0 Å². The molecule has 3 N–H and O–H groups in total. The molecule has 102 valence electrons. The van der Waals surface area contributed by atoms with Crippen molar-refractivity contribution in [2.45, 2.75) is 17.9 Å². The molecule has 0 spiro atoms. The summed E-state index contributed by atoms with van der Waals surface area (Å²) >= 11 is 0. The van der Waals surface area contributed by atoms with E-state index in [1.165, 1.54) is 18.3 Å². The number of hydrogen-bond donors (Lipinski definition) is 3. The molecule has 8 heteroatoms. The van der Waals surface area contributed by atoms with Gasteiger partial charge < -0.3 is 5.32 Å². The number of nitrogens with zero attached hydrogens (tertiary/aromatic N) is 2. The zero-order chi connectivity index (χ0) is 13.9. The molecular weight excluding hydrogens is 266 g/mol. The first-order chi connectivity index (χ1) is 9.03. The number of nitrogens with one attached hydrogen (secondary N) is 3. The minimum absolute atomic E-state index is 0.169. The average Bonchev–Trinajstić information content (AvgIpc) is 2.92. The molecule has 19 heavy (non-hydrogen) atoms. The highest BCUT2D eigenvalue weighted by atomic mass is 32.2. The van der Waals surface area contributed by atoms with Gasteiger partial charge in [0.2, 0.25) is 10.0 Å². The summed E-state index contributed by atoms with van der Waals surface area (Å²) < 4.78 is 27.0. The lowest BCUT2D eigenvalue weighted by molar-refractivity contribution is 0.567. The maximum atomic E-state index is 12.2. The van der Waals surface area contributed by atoms with Crippen LogP contribution in [0.4, 0.5) is 5.82 Å². The number of aromatic nitrogens is 3. The Morgan fingerprint density at radius 3 is 2.84 bits per heavy atom. The van der Waals surface area contributed by atoms with Crippen molar-refractivity contribution in [3.8, 4) is 0 Å². The first-order valence-corrected chi connectivity index (χ1v) is 7.16. The zero-order valence-corrected chi connectivity index (χ0v) is 11.4. The van der Waals surface area contributed by atoms with Crippen molar-refractivity contribution in [3.63, 3.8) is 0 Å². The molecular formula is C11H15N5O2S. The molecule has 0 saturated heterocycles. The van der Waals surface area contributed by atoms with Crippen molar-refractivity contribution in [3.05, 3.63) is 36.3 Å². The highest BCUT2D eigenvalue weighted by Gasteiger charge is 2.19. The van der Waals surface area contributed by atoms with Gasteiger partial charge in [0.25, 0.3) is 0 Å². The van der Waals surface area contributed by atoms with Crippen LogP contribution in [-0.4, -0.2) is 30.6 Å². The van der Waals surface area contributed by atoms with Crippen LogP contribution in [0.1, 0.15) is 18.5 Å². The zero-order valence-electron chi connectivity index (χ0n) is 10.6. The summed E-state index contributed by atoms with van der Waals surface area (Å²) in [6.07, 6.45) is 4.68. The van der Waals surface area contributed by atoms with Gasteiger partial charge in [0.15, 0.2) is 0 Å². The van der Waals surface area contributed by atoms with Gasteiger partial charge in [-0.15, -0.1) is 0 Å². The molecule has 2 aromatic heterocycles. The van der Waals surface area contributed by atoms with E-state index in [0.29, 0.717) is 5.82 Å². The standard InChI is InChI=1S/C11H15N5O2S/c1-8(9-6-14-15-7-9)16-19(17,18)10-3-4-13-11(5-10)12-2/h3-8,16H,1-2H3,(H,12,13)(H,14,15). The molecule has 0 aromatic carbocycles. The summed E-state index contributed by atoms with van der Waals surface area (Å²) in [4.78, 5) is 4.15. The van der Waals surface area contributed by atoms with Gasteiger partial charge in [-0.3, -0.25) is 5.10 Å². The minimum Gasteiger partial charge on any atom is -0.373 e. The first kappa shape index (κ1) is 13.5. The normalized spacial score (nSPS) is 13.2. The third kappa shape index (κ3) is 3.09. The van der Waals surface area contributed by atoms with Gasteiger partial charge in [-0.25, -0.2) is 18.1 Å². The molecule has 0 amide bonds. The van der Waals surface area contributed by atoms with E-state index in [1.807, 2.05) is 0 Å².